The first-order valence-electron chi connectivity index (χ1n) is 8.46. The highest BCUT2D eigenvalue weighted by Gasteiger charge is 2.39. The Balaban J connectivity index is 1.80. The van der Waals surface area contributed by atoms with Gasteiger partial charge in [0.15, 0.2) is 5.82 Å². The van der Waals surface area contributed by atoms with Gasteiger partial charge in [-0.1, -0.05) is 0 Å². The fourth-order valence-electron chi connectivity index (χ4n) is 2.71. The number of rotatable bonds is 5. The minimum Gasteiger partial charge on any atom is -0.475 e. The Hall–Kier alpha value is -2.04. The Bertz CT molecular complexity index is 831. The van der Waals surface area contributed by atoms with E-state index in [1.807, 2.05) is 36.4 Å². The summed E-state index contributed by atoms with van der Waals surface area (Å²) in [5, 5.41) is 2.78. The second-order valence-electron chi connectivity index (χ2n) is 6.52. The highest BCUT2D eigenvalue weighted by Crippen LogP contribution is 2.35. The van der Waals surface area contributed by atoms with Crippen molar-refractivity contribution in [2.24, 2.45) is 0 Å². The smallest absolute Gasteiger partial charge is 0.266 e. The molecule has 3 rings (SSSR count). The van der Waals surface area contributed by atoms with E-state index >= 15 is 0 Å². The third-order valence-corrected chi connectivity index (χ3v) is 4.84. The zero-order chi connectivity index (χ0) is 19.6. The molecule has 9 heteroatoms. The van der Waals surface area contributed by atoms with E-state index in [-0.39, 0.29) is 19.1 Å². The number of pyridine rings is 2. The van der Waals surface area contributed by atoms with Crippen LogP contribution in [0.15, 0.2) is 30.6 Å². The predicted octanol–water partition coefficient (Wildman–Crippen LogP) is 3.97. The maximum absolute atomic E-state index is 13.6. The molecule has 0 bridgehead atoms. The van der Waals surface area contributed by atoms with Gasteiger partial charge in [0.05, 0.1) is 23.9 Å². The lowest BCUT2D eigenvalue weighted by Crippen LogP contribution is -2.27. The number of alkyl halides is 2. The van der Waals surface area contributed by atoms with Gasteiger partial charge in [0.25, 0.3) is 11.8 Å². The van der Waals surface area contributed by atoms with Crippen molar-refractivity contribution >= 4 is 40.0 Å². The number of anilines is 2. The van der Waals surface area contributed by atoms with Crippen molar-refractivity contribution < 1.29 is 18.3 Å². The second-order valence-corrected chi connectivity index (χ2v) is 7.69. The van der Waals surface area contributed by atoms with Gasteiger partial charge < -0.3 is 15.0 Å². The Morgan fingerprint density at radius 3 is 2.70 bits per heavy atom. The predicted molar refractivity (Wildman–Crippen MR) is 107 cm³/mol. The van der Waals surface area contributed by atoms with E-state index in [0.29, 0.717) is 26.5 Å². The monoisotopic (exact) mass is 488 g/mol. The molecule has 144 valence electrons. The first-order valence-corrected chi connectivity index (χ1v) is 9.54. The summed E-state index contributed by atoms with van der Waals surface area (Å²) in [5.41, 5.74) is 0.756. The molecule has 2 aromatic rings. The molecule has 0 aromatic carbocycles. The molecule has 2 aromatic heterocycles. The second kappa shape index (κ2) is 7.91. The molecular weight excluding hydrogens is 469 g/mol. The number of halogens is 3. The number of nitrogens with one attached hydrogen (secondary N) is 1. The number of carbonyl (C=O) groups excluding carboxylic acids is 1. The summed E-state index contributed by atoms with van der Waals surface area (Å²) >= 11 is 2.05. The standard InChI is InChI=1S/C18H19F2IN4O2/c1-11(2)27-14-4-3-12(9-23-14)17(26)24-15-13(21)5-7-22-16(15)25-8-6-18(19,20)10-25/h3-5,7,9,11H,6,8,10H2,1-2H3,(H,24,26). The number of hydrogen-bond donors (Lipinski definition) is 1. The summed E-state index contributed by atoms with van der Waals surface area (Å²) in [4.78, 5) is 22.4. The quantitative estimate of drug-likeness (QED) is 0.646. The van der Waals surface area contributed by atoms with Gasteiger partial charge in [0.1, 0.15) is 0 Å². The van der Waals surface area contributed by atoms with E-state index in [4.69, 9.17) is 4.74 Å². The van der Waals surface area contributed by atoms with E-state index < -0.39 is 18.4 Å². The number of amides is 1. The van der Waals surface area contributed by atoms with E-state index in [9.17, 15) is 13.6 Å². The van der Waals surface area contributed by atoms with Gasteiger partial charge in [-0.3, -0.25) is 4.79 Å². The minimum absolute atomic E-state index is 0.0182. The van der Waals surface area contributed by atoms with Crippen LogP contribution in [0.3, 0.4) is 0 Å². The molecule has 1 aliphatic rings. The van der Waals surface area contributed by atoms with Crippen LogP contribution in [0.5, 0.6) is 5.88 Å². The lowest BCUT2D eigenvalue weighted by Gasteiger charge is -2.21. The molecule has 0 spiro atoms. The fourth-order valence-corrected chi connectivity index (χ4v) is 3.25. The molecule has 1 aliphatic heterocycles. The molecule has 1 N–H and O–H groups in total. The average Bonchev–Trinajstić information content (AvgIpc) is 2.96. The maximum Gasteiger partial charge on any atom is 0.266 e. The number of hydrogen-bond acceptors (Lipinski definition) is 5. The van der Waals surface area contributed by atoms with Gasteiger partial charge in [-0.15, -0.1) is 0 Å². The highest BCUT2D eigenvalue weighted by molar-refractivity contribution is 14.1. The van der Waals surface area contributed by atoms with Crippen LogP contribution in [0, 0.1) is 3.57 Å². The first kappa shape index (κ1) is 19.7. The van der Waals surface area contributed by atoms with Crippen LogP contribution < -0.4 is 15.0 Å². The topological polar surface area (TPSA) is 67.3 Å². The largest absolute Gasteiger partial charge is 0.475 e. The summed E-state index contributed by atoms with van der Waals surface area (Å²) in [6.45, 7) is 3.55. The van der Waals surface area contributed by atoms with Gasteiger partial charge in [0.2, 0.25) is 5.88 Å². The van der Waals surface area contributed by atoms with Gasteiger partial charge >= 0.3 is 0 Å². The van der Waals surface area contributed by atoms with Crippen LogP contribution in [0.4, 0.5) is 20.3 Å². The average molecular weight is 488 g/mol. The van der Waals surface area contributed by atoms with Crippen molar-refractivity contribution in [2.75, 3.05) is 23.3 Å². The Morgan fingerprint density at radius 1 is 1.33 bits per heavy atom. The van der Waals surface area contributed by atoms with Crippen molar-refractivity contribution in [1.82, 2.24) is 9.97 Å². The Kier molecular flexibility index (Phi) is 5.78. The summed E-state index contributed by atoms with van der Waals surface area (Å²) in [5.74, 6) is -2.37. The number of nitrogens with zero attached hydrogens (tertiary/aromatic N) is 3. The molecule has 3 heterocycles. The molecule has 1 amide bonds. The molecular formula is C18H19F2IN4O2. The molecule has 6 nitrogen and oxygen atoms in total. The van der Waals surface area contributed by atoms with E-state index in [0.717, 1.165) is 0 Å². The first-order chi connectivity index (χ1) is 12.7. The van der Waals surface area contributed by atoms with Crippen molar-refractivity contribution in [3.05, 3.63) is 39.7 Å². The van der Waals surface area contributed by atoms with Crippen LogP contribution in [0.25, 0.3) is 0 Å². The molecule has 0 saturated carbocycles. The molecule has 1 saturated heterocycles. The van der Waals surface area contributed by atoms with Gasteiger partial charge in [-0.05, 0) is 48.6 Å². The molecule has 1 fully saturated rings. The maximum atomic E-state index is 13.6. The van der Waals surface area contributed by atoms with E-state index in [1.54, 1.807) is 24.4 Å². The fraction of sp³-hybridized carbons (Fsp3) is 0.389. The molecule has 27 heavy (non-hydrogen) atoms. The Morgan fingerprint density at radius 2 is 2.11 bits per heavy atom. The lowest BCUT2D eigenvalue weighted by atomic mass is 10.2. The van der Waals surface area contributed by atoms with Crippen molar-refractivity contribution in [2.45, 2.75) is 32.3 Å². The third-order valence-electron chi connectivity index (χ3n) is 3.94. The molecule has 0 unspecified atom stereocenters. The third kappa shape index (κ3) is 4.82. The summed E-state index contributed by atoms with van der Waals surface area (Å²) in [6.07, 6.45) is 2.72. The molecule has 0 radical (unpaired) electrons. The zero-order valence-corrected chi connectivity index (χ0v) is 17.0. The normalized spacial score (nSPS) is 15.9. The summed E-state index contributed by atoms with van der Waals surface area (Å²) in [7, 11) is 0. The minimum atomic E-state index is -2.75. The van der Waals surface area contributed by atoms with Crippen LogP contribution in [0.2, 0.25) is 0 Å². The van der Waals surface area contributed by atoms with Gasteiger partial charge in [0, 0.05) is 35.0 Å². The van der Waals surface area contributed by atoms with Crippen LogP contribution in [0.1, 0.15) is 30.6 Å². The van der Waals surface area contributed by atoms with Crippen LogP contribution in [-0.4, -0.2) is 41.0 Å². The number of carbonyl (C=O) groups is 1. The van der Waals surface area contributed by atoms with Crippen LogP contribution in [-0.2, 0) is 0 Å². The lowest BCUT2D eigenvalue weighted by molar-refractivity contribution is 0.0257. The Labute approximate surface area is 169 Å². The summed E-state index contributed by atoms with van der Waals surface area (Å²) in [6, 6.07) is 4.93. The van der Waals surface area contributed by atoms with Gasteiger partial charge in [-0.25, -0.2) is 18.7 Å². The van der Waals surface area contributed by atoms with Gasteiger partial charge in [-0.2, -0.15) is 0 Å². The van der Waals surface area contributed by atoms with Crippen molar-refractivity contribution in [3.63, 3.8) is 0 Å². The van der Waals surface area contributed by atoms with E-state index in [1.165, 1.54) is 11.1 Å². The van der Waals surface area contributed by atoms with E-state index in [2.05, 4.69) is 15.3 Å². The highest BCUT2D eigenvalue weighted by atomic mass is 127. The SMILES string of the molecule is CC(C)Oc1ccc(C(=O)Nc2c(I)ccnc2N2CCC(F)(F)C2)cn1. The summed E-state index contributed by atoms with van der Waals surface area (Å²) < 4.78 is 33.4. The van der Waals surface area contributed by atoms with Crippen LogP contribution >= 0.6 is 22.6 Å². The zero-order valence-electron chi connectivity index (χ0n) is 14.9. The van der Waals surface area contributed by atoms with Crippen molar-refractivity contribution in [1.29, 1.82) is 0 Å². The molecule has 0 atom stereocenters. The molecule has 0 aliphatic carbocycles. The number of aromatic nitrogens is 2. The number of ether oxygens (including phenoxy) is 1. The van der Waals surface area contributed by atoms with Crippen molar-refractivity contribution in [3.8, 4) is 5.88 Å².